The molecule has 2 aromatic heterocycles. The highest BCUT2D eigenvalue weighted by molar-refractivity contribution is 5.92. The summed E-state index contributed by atoms with van der Waals surface area (Å²) in [4.78, 5) is 32.5. The third-order valence-corrected chi connectivity index (χ3v) is 5.44. The van der Waals surface area contributed by atoms with Crippen LogP contribution in [0.1, 0.15) is 16.9 Å². The molecule has 0 saturated carbocycles. The Kier molecular flexibility index (Phi) is 5.09. The zero-order valence-electron chi connectivity index (χ0n) is 17.8. The molecule has 1 aliphatic rings. The zero-order valence-corrected chi connectivity index (χ0v) is 17.8. The summed E-state index contributed by atoms with van der Waals surface area (Å²) in [5.74, 6) is 1.21. The number of anilines is 1. The van der Waals surface area contributed by atoms with Crippen molar-refractivity contribution in [3.05, 3.63) is 60.4 Å². The highest BCUT2D eigenvalue weighted by atomic mass is 16.5. The van der Waals surface area contributed by atoms with Crippen LogP contribution < -0.4 is 21.1 Å². The smallest absolute Gasteiger partial charge is 0.267 e. The van der Waals surface area contributed by atoms with E-state index in [1.807, 2.05) is 25.2 Å². The first kappa shape index (κ1) is 20.4. The Morgan fingerprint density at radius 2 is 2.03 bits per heavy atom. The van der Waals surface area contributed by atoms with E-state index in [0.717, 1.165) is 10.9 Å². The number of aryl methyl sites for hydroxylation is 1. The minimum atomic E-state index is -0.679. The summed E-state index contributed by atoms with van der Waals surface area (Å²) in [6, 6.07) is 14.0. The third-order valence-electron chi connectivity index (χ3n) is 5.44. The van der Waals surface area contributed by atoms with Gasteiger partial charge in [0.2, 0.25) is 5.91 Å². The van der Waals surface area contributed by atoms with Gasteiger partial charge in [-0.2, -0.15) is 5.10 Å². The molecular weight excluding hydrogens is 422 g/mol. The topological polar surface area (TPSA) is 137 Å². The monoisotopic (exact) mass is 443 g/mol. The first-order valence-corrected chi connectivity index (χ1v) is 10.4. The number of ether oxygens (including phenoxy) is 1. The van der Waals surface area contributed by atoms with Gasteiger partial charge < -0.3 is 21.1 Å². The normalized spacial score (nSPS) is 15.4. The molecule has 4 N–H and O–H groups in total. The van der Waals surface area contributed by atoms with Crippen LogP contribution in [-0.4, -0.2) is 44.1 Å². The molecule has 0 bridgehead atoms. The van der Waals surface area contributed by atoms with E-state index in [1.54, 1.807) is 35.1 Å². The average Bonchev–Trinajstić information content (AvgIpc) is 3.40. The van der Waals surface area contributed by atoms with E-state index in [2.05, 4.69) is 25.7 Å². The van der Waals surface area contributed by atoms with E-state index in [0.29, 0.717) is 41.7 Å². The molecular formula is C23H21N7O3. The highest BCUT2D eigenvalue weighted by Gasteiger charge is 2.24. The summed E-state index contributed by atoms with van der Waals surface area (Å²) in [7, 11) is 1.88. The number of nitrogens with zero attached hydrogens (tertiary/aromatic N) is 4. The lowest BCUT2D eigenvalue weighted by Gasteiger charge is -2.13. The lowest BCUT2D eigenvalue weighted by Crippen LogP contribution is -2.30. The molecule has 0 radical (unpaired) electrons. The van der Waals surface area contributed by atoms with E-state index in [9.17, 15) is 9.59 Å². The molecule has 10 heteroatoms. The zero-order chi connectivity index (χ0) is 22.9. The van der Waals surface area contributed by atoms with Crippen LogP contribution in [0, 0.1) is 0 Å². The lowest BCUT2D eigenvalue weighted by atomic mass is 10.2. The number of rotatable bonds is 6. The maximum absolute atomic E-state index is 11.9. The Bertz CT molecular complexity index is 1360. The van der Waals surface area contributed by atoms with Gasteiger partial charge in [0.05, 0.1) is 17.1 Å². The molecule has 166 valence electrons. The summed E-state index contributed by atoms with van der Waals surface area (Å²) in [5, 5.41) is 11.0. The van der Waals surface area contributed by atoms with Gasteiger partial charge in [0, 0.05) is 25.2 Å². The number of benzene rings is 2. The van der Waals surface area contributed by atoms with Crippen LogP contribution >= 0.6 is 0 Å². The van der Waals surface area contributed by atoms with Gasteiger partial charge in [-0.15, -0.1) is 0 Å². The van der Waals surface area contributed by atoms with Crippen molar-refractivity contribution in [2.75, 3.05) is 11.9 Å². The average molecular weight is 443 g/mol. The minimum absolute atomic E-state index is 0.0597. The van der Waals surface area contributed by atoms with Gasteiger partial charge in [-0.3, -0.25) is 14.3 Å². The highest BCUT2D eigenvalue weighted by Crippen LogP contribution is 2.30. The van der Waals surface area contributed by atoms with Gasteiger partial charge >= 0.3 is 0 Å². The van der Waals surface area contributed by atoms with E-state index < -0.39 is 11.9 Å². The molecule has 4 aromatic rings. The summed E-state index contributed by atoms with van der Waals surface area (Å²) < 4.78 is 7.84. The van der Waals surface area contributed by atoms with E-state index in [4.69, 9.17) is 10.5 Å². The Morgan fingerprint density at radius 1 is 1.21 bits per heavy atom. The molecule has 1 saturated heterocycles. The molecule has 1 fully saturated rings. The Morgan fingerprint density at radius 3 is 2.76 bits per heavy atom. The van der Waals surface area contributed by atoms with Gasteiger partial charge in [0.15, 0.2) is 5.82 Å². The van der Waals surface area contributed by atoms with Crippen LogP contribution in [0.15, 0.2) is 54.7 Å². The molecule has 1 atom stereocenters. The molecule has 0 aliphatic carbocycles. The maximum atomic E-state index is 11.9. The second kappa shape index (κ2) is 8.23. The first-order valence-electron chi connectivity index (χ1n) is 10.4. The Labute approximate surface area is 188 Å². The summed E-state index contributed by atoms with van der Waals surface area (Å²) >= 11 is 0. The number of hydrogen-bond acceptors (Lipinski definition) is 7. The van der Waals surface area contributed by atoms with Crippen molar-refractivity contribution in [1.29, 1.82) is 0 Å². The van der Waals surface area contributed by atoms with E-state index in [1.165, 1.54) is 6.07 Å². The Balaban J connectivity index is 1.42. The van der Waals surface area contributed by atoms with Gasteiger partial charge in [-0.1, -0.05) is 6.07 Å². The van der Waals surface area contributed by atoms with Crippen molar-refractivity contribution in [2.24, 2.45) is 12.8 Å². The number of carbonyl (C=O) groups is 2. The lowest BCUT2D eigenvalue weighted by molar-refractivity contribution is -0.119. The van der Waals surface area contributed by atoms with Crippen molar-refractivity contribution in [3.8, 4) is 22.9 Å². The second-order valence-electron chi connectivity index (χ2n) is 7.69. The molecule has 2 aromatic carbocycles. The number of hydrogen-bond donors (Lipinski definition) is 3. The van der Waals surface area contributed by atoms with Crippen molar-refractivity contribution in [3.63, 3.8) is 0 Å². The van der Waals surface area contributed by atoms with Crippen molar-refractivity contribution >= 4 is 28.5 Å². The first-order chi connectivity index (χ1) is 16.0. The summed E-state index contributed by atoms with van der Waals surface area (Å²) in [6.45, 7) is 0.589. The van der Waals surface area contributed by atoms with Crippen molar-refractivity contribution < 1.29 is 14.3 Å². The summed E-state index contributed by atoms with van der Waals surface area (Å²) in [6.07, 6.45) is 2.39. The number of primary amides is 1. The maximum Gasteiger partial charge on any atom is 0.267 e. The Hall–Kier alpha value is -4.47. The number of carbonyl (C=O) groups excluding carboxylic acids is 2. The minimum Gasteiger partial charge on any atom is -0.457 e. The molecule has 5 rings (SSSR count). The third kappa shape index (κ3) is 4.05. The quantitative estimate of drug-likeness (QED) is 0.415. The molecule has 33 heavy (non-hydrogen) atoms. The molecule has 2 amide bonds. The van der Waals surface area contributed by atoms with Crippen molar-refractivity contribution in [2.45, 2.75) is 12.5 Å². The molecule has 0 spiro atoms. The number of aromatic nitrogens is 4. The molecule has 10 nitrogen and oxygen atoms in total. The second-order valence-corrected chi connectivity index (χ2v) is 7.69. The standard InChI is InChI=1S/C23H21N7O3/c1-30-18-3-2-4-19(15(18)12-26-30)33-14-7-5-13(6-8-14)22-28-17(21(24)31)11-20(29-22)27-16-9-10-25-23(16)32/h2-8,11-12,16H,9-10H2,1H3,(H2,24,31)(H,25,32)(H,27,28,29)/t16-/m0/s1. The van der Waals surface area contributed by atoms with Gasteiger partial charge in [0.1, 0.15) is 29.1 Å². The fourth-order valence-electron chi connectivity index (χ4n) is 3.73. The van der Waals surface area contributed by atoms with Crippen LogP contribution in [0.2, 0.25) is 0 Å². The predicted octanol–water partition coefficient (Wildman–Crippen LogP) is 2.22. The predicted molar refractivity (Wildman–Crippen MR) is 122 cm³/mol. The number of fused-ring (bicyclic) bond motifs is 1. The molecule has 1 aliphatic heterocycles. The SMILES string of the molecule is Cn1ncc2c(Oc3ccc(-c4nc(N[C@H]5CCNC5=O)cc(C(N)=O)n4)cc3)cccc21. The van der Waals surface area contributed by atoms with Crippen LogP contribution in [0.5, 0.6) is 11.5 Å². The largest absolute Gasteiger partial charge is 0.457 e. The number of nitrogens with one attached hydrogen (secondary N) is 2. The number of amides is 2. The van der Waals surface area contributed by atoms with Crippen LogP contribution in [0.25, 0.3) is 22.3 Å². The number of nitrogens with two attached hydrogens (primary N) is 1. The molecule has 0 unspecified atom stereocenters. The van der Waals surface area contributed by atoms with Gasteiger partial charge in [-0.05, 0) is 42.8 Å². The van der Waals surface area contributed by atoms with Crippen LogP contribution in [0.4, 0.5) is 5.82 Å². The van der Waals surface area contributed by atoms with Gasteiger partial charge in [0.25, 0.3) is 5.91 Å². The molecule has 3 heterocycles. The van der Waals surface area contributed by atoms with Crippen LogP contribution in [-0.2, 0) is 11.8 Å². The van der Waals surface area contributed by atoms with Crippen molar-refractivity contribution in [1.82, 2.24) is 25.1 Å². The summed E-state index contributed by atoms with van der Waals surface area (Å²) in [5.41, 5.74) is 7.16. The van der Waals surface area contributed by atoms with E-state index in [-0.39, 0.29) is 11.6 Å². The fourth-order valence-corrected chi connectivity index (χ4v) is 3.73. The van der Waals surface area contributed by atoms with Gasteiger partial charge in [-0.25, -0.2) is 9.97 Å². The van der Waals surface area contributed by atoms with Crippen LogP contribution in [0.3, 0.4) is 0 Å². The van der Waals surface area contributed by atoms with E-state index >= 15 is 0 Å². The fraction of sp³-hybridized carbons (Fsp3) is 0.174.